The molecule has 0 aliphatic heterocycles. The Bertz CT molecular complexity index is 914. The van der Waals surface area contributed by atoms with Crippen LogP contribution in [-0.4, -0.2) is 22.4 Å². The maximum Gasteiger partial charge on any atom is 0.251 e. The molecule has 0 unspecified atom stereocenters. The van der Waals surface area contributed by atoms with Crippen LogP contribution in [0.5, 0.6) is 0 Å². The first-order chi connectivity index (χ1) is 11.6. The number of benzene rings is 1. The summed E-state index contributed by atoms with van der Waals surface area (Å²) in [6.45, 7) is 4.58. The zero-order valence-electron chi connectivity index (χ0n) is 13.8. The molecule has 1 N–H and O–H groups in total. The van der Waals surface area contributed by atoms with Gasteiger partial charge in [0.1, 0.15) is 0 Å². The fourth-order valence-electron chi connectivity index (χ4n) is 2.96. The second-order valence-corrected chi connectivity index (χ2v) is 7.49. The van der Waals surface area contributed by atoms with Gasteiger partial charge in [0, 0.05) is 22.4 Å². The average molecular weight is 337 g/mol. The van der Waals surface area contributed by atoms with Crippen LogP contribution in [0.25, 0.3) is 11.0 Å². The van der Waals surface area contributed by atoms with E-state index in [1.54, 1.807) is 11.3 Å². The molecule has 1 aromatic carbocycles. The van der Waals surface area contributed by atoms with Crippen molar-refractivity contribution in [2.75, 3.05) is 6.54 Å². The number of thiophene rings is 1. The van der Waals surface area contributed by atoms with Crippen LogP contribution in [0, 0.1) is 13.8 Å². The predicted octanol–water partition coefficient (Wildman–Crippen LogP) is 3.77. The van der Waals surface area contributed by atoms with E-state index in [0.717, 1.165) is 35.3 Å². The molecule has 0 radical (unpaired) electrons. The van der Waals surface area contributed by atoms with Gasteiger partial charge in [-0.2, -0.15) is 0 Å². The quantitative estimate of drug-likeness (QED) is 0.788. The summed E-state index contributed by atoms with van der Waals surface area (Å²) in [6.07, 6.45) is 2.30. The van der Waals surface area contributed by atoms with Crippen LogP contribution in [0.4, 0.5) is 0 Å². The number of rotatable bonds is 4. The molecule has 0 saturated heterocycles. The number of hydrogen-bond acceptors (Lipinski definition) is 4. The lowest BCUT2D eigenvalue weighted by Gasteiger charge is -2.14. The van der Waals surface area contributed by atoms with E-state index in [1.165, 1.54) is 4.88 Å². The fourth-order valence-corrected chi connectivity index (χ4v) is 3.95. The van der Waals surface area contributed by atoms with Crippen molar-refractivity contribution in [1.29, 1.82) is 0 Å². The Morgan fingerprint density at radius 3 is 2.58 bits per heavy atom. The predicted molar refractivity (Wildman–Crippen MR) is 96.6 cm³/mol. The number of carbonyl (C=O) groups excluding carboxylic acids is 1. The summed E-state index contributed by atoms with van der Waals surface area (Å²) >= 11 is 1.78. The highest BCUT2D eigenvalue weighted by Gasteiger charge is 2.45. The summed E-state index contributed by atoms with van der Waals surface area (Å²) in [5.41, 5.74) is 4.22. The molecule has 4 rings (SSSR count). The Kier molecular flexibility index (Phi) is 3.61. The van der Waals surface area contributed by atoms with E-state index in [-0.39, 0.29) is 11.3 Å². The minimum atomic E-state index is -0.0419. The molecule has 0 spiro atoms. The smallest absolute Gasteiger partial charge is 0.251 e. The lowest BCUT2D eigenvalue weighted by molar-refractivity contribution is 0.0950. The maximum absolute atomic E-state index is 12.5. The van der Waals surface area contributed by atoms with Crippen LogP contribution >= 0.6 is 11.3 Å². The molecule has 1 fully saturated rings. The monoisotopic (exact) mass is 337 g/mol. The highest BCUT2D eigenvalue weighted by Crippen LogP contribution is 2.49. The molecule has 4 nitrogen and oxygen atoms in total. The van der Waals surface area contributed by atoms with Crippen molar-refractivity contribution in [3.63, 3.8) is 0 Å². The topological polar surface area (TPSA) is 54.9 Å². The molecule has 2 aromatic heterocycles. The molecular formula is C19H19N3OS. The van der Waals surface area contributed by atoms with Crippen LogP contribution in [0.3, 0.4) is 0 Å². The van der Waals surface area contributed by atoms with Gasteiger partial charge < -0.3 is 5.32 Å². The Labute approximate surface area is 145 Å². The van der Waals surface area contributed by atoms with Gasteiger partial charge >= 0.3 is 0 Å². The molecule has 1 amide bonds. The molecule has 1 aliphatic rings. The van der Waals surface area contributed by atoms with E-state index in [0.29, 0.717) is 12.1 Å². The van der Waals surface area contributed by atoms with Crippen LogP contribution in [0.1, 0.15) is 39.5 Å². The second kappa shape index (κ2) is 5.67. The first-order valence-electron chi connectivity index (χ1n) is 8.15. The van der Waals surface area contributed by atoms with Crippen molar-refractivity contribution in [3.05, 3.63) is 57.5 Å². The van der Waals surface area contributed by atoms with Crippen LogP contribution in [0.2, 0.25) is 0 Å². The van der Waals surface area contributed by atoms with Crippen molar-refractivity contribution in [2.24, 2.45) is 0 Å². The number of carbonyl (C=O) groups is 1. The van der Waals surface area contributed by atoms with Crippen molar-refractivity contribution in [2.45, 2.75) is 32.1 Å². The highest BCUT2D eigenvalue weighted by atomic mass is 32.1. The lowest BCUT2D eigenvalue weighted by atomic mass is 10.0. The minimum Gasteiger partial charge on any atom is -0.351 e. The molecule has 1 saturated carbocycles. The summed E-state index contributed by atoms with van der Waals surface area (Å²) in [7, 11) is 0. The van der Waals surface area contributed by atoms with Crippen LogP contribution in [0.15, 0.2) is 35.7 Å². The zero-order chi connectivity index (χ0) is 16.7. The Morgan fingerprint density at radius 2 is 1.92 bits per heavy atom. The van der Waals surface area contributed by atoms with E-state index in [9.17, 15) is 4.79 Å². The fraction of sp³-hybridized carbons (Fsp3) is 0.316. The summed E-state index contributed by atoms with van der Waals surface area (Å²) in [4.78, 5) is 23.0. The Morgan fingerprint density at radius 1 is 1.17 bits per heavy atom. The van der Waals surface area contributed by atoms with Gasteiger partial charge in [-0.15, -0.1) is 11.3 Å². The first kappa shape index (κ1) is 15.3. The molecule has 3 aromatic rings. The standard InChI is InChI=1S/C19H19N3OS/c1-12-13(2)22-16-10-14(5-6-15(16)21-12)18(23)20-11-19(7-8-19)17-4-3-9-24-17/h3-6,9-10H,7-8,11H2,1-2H3,(H,20,23). The molecule has 0 bridgehead atoms. The van der Waals surface area contributed by atoms with Gasteiger partial charge in [0.2, 0.25) is 0 Å². The number of fused-ring (bicyclic) bond motifs is 1. The third-order valence-electron chi connectivity index (χ3n) is 4.82. The molecule has 0 atom stereocenters. The second-order valence-electron chi connectivity index (χ2n) is 6.54. The van der Waals surface area contributed by atoms with Gasteiger partial charge in [-0.05, 0) is 56.3 Å². The Hall–Kier alpha value is -2.27. The van der Waals surface area contributed by atoms with E-state index < -0.39 is 0 Å². The zero-order valence-corrected chi connectivity index (χ0v) is 14.6. The van der Waals surface area contributed by atoms with Crippen molar-refractivity contribution >= 4 is 28.3 Å². The van der Waals surface area contributed by atoms with Crippen LogP contribution in [-0.2, 0) is 5.41 Å². The van der Waals surface area contributed by atoms with Gasteiger partial charge in [0.05, 0.1) is 22.4 Å². The molecular weight excluding hydrogens is 318 g/mol. The van der Waals surface area contributed by atoms with Gasteiger partial charge in [-0.25, -0.2) is 9.97 Å². The number of nitrogens with one attached hydrogen (secondary N) is 1. The molecule has 24 heavy (non-hydrogen) atoms. The summed E-state index contributed by atoms with van der Waals surface area (Å²) in [5.74, 6) is -0.0419. The normalized spacial score (nSPS) is 15.4. The van der Waals surface area contributed by atoms with Gasteiger partial charge in [0.15, 0.2) is 0 Å². The first-order valence-corrected chi connectivity index (χ1v) is 9.03. The number of aryl methyl sites for hydroxylation is 2. The van der Waals surface area contributed by atoms with E-state index in [4.69, 9.17) is 0 Å². The number of hydrogen-bond donors (Lipinski definition) is 1. The lowest BCUT2D eigenvalue weighted by Crippen LogP contribution is -2.31. The third kappa shape index (κ3) is 2.69. The largest absolute Gasteiger partial charge is 0.351 e. The number of aromatic nitrogens is 2. The van der Waals surface area contributed by atoms with Crippen molar-refractivity contribution in [3.8, 4) is 0 Å². The summed E-state index contributed by atoms with van der Waals surface area (Å²) < 4.78 is 0. The van der Waals surface area contributed by atoms with E-state index in [2.05, 4.69) is 32.8 Å². The van der Waals surface area contributed by atoms with Gasteiger partial charge in [-0.1, -0.05) is 6.07 Å². The van der Waals surface area contributed by atoms with Crippen LogP contribution < -0.4 is 5.32 Å². The minimum absolute atomic E-state index is 0.0419. The molecule has 1 aliphatic carbocycles. The molecule has 5 heteroatoms. The summed E-state index contributed by atoms with van der Waals surface area (Å²) in [5, 5.41) is 5.20. The Balaban J connectivity index is 1.52. The SMILES string of the molecule is Cc1nc2ccc(C(=O)NCC3(c4cccs4)CC3)cc2nc1C. The van der Waals surface area contributed by atoms with E-state index >= 15 is 0 Å². The van der Waals surface area contributed by atoms with Gasteiger partial charge in [0.25, 0.3) is 5.91 Å². The molecule has 2 heterocycles. The van der Waals surface area contributed by atoms with Gasteiger partial charge in [-0.3, -0.25) is 4.79 Å². The third-order valence-corrected chi connectivity index (χ3v) is 5.94. The average Bonchev–Trinajstić information content (AvgIpc) is 3.16. The van der Waals surface area contributed by atoms with Crippen molar-refractivity contribution in [1.82, 2.24) is 15.3 Å². The molecule has 122 valence electrons. The maximum atomic E-state index is 12.5. The number of nitrogens with zero attached hydrogens (tertiary/aromatic N) is 2. The summed E-state index contributed by atoms with van der Waals surface area (Å²) in [6, 6.07) is 9.77. The van der Waals surface area contributed by atoms with Crippen molar-refractivity contribution < 1.29 is 4.79 Å². The van der Waals surface area contributed by atoms with E-state index in [1.807, 2.05) is 32.0 Å². The highest BCUT2D eigenvalue weighted by molar-refractivity contribution is 7.10. The number of amides is 1.